The molecule has 1 aliphatic rings. The van der Waals surface area contributed by atoms with E-state index in [0.717, 1.165) is 36.4 Å². The number of carbonyl (C=O) groups excluding carboxylic acids is 1. The molecule has 6 heteroatoms. The summed E-state index contributed by atoms with van der Waals surface area (Å²) in [7, 11) is 0. The van der Waals surface area contributed by atoms with Gasteiger partial charge in [-0.2, -0.15) is 0 Å². The quantitative estimate of drug-likeness (QED) is 0.841. The predicted octanol–water partition coefficient (Wildman–Crippen LogP) is 3.51. The molecule has 1 fully saturated rings. The molecule has 0 bridgehead atoms. The van der Waals surface area contributed by atoms with Crippen LogP contribution in [-0.2, 0) is 11.2 Å². The Hall–Kier alpha value is -1.79. The molecule has 1 aromatic carbocycles. The van der Waals surface area contributed by atoms with Crippen molar-refractivity contribution in [3.05, 3.63) is 46.2 Å². The number of hydrogen-bond acceptors (Lipinski definition) is 4. The minimum absolute atomic E-state index is 0.0178. The summed E-state index contributed by atoms with van der Waals surface area (Å²) in [6.45, 7) is 3.82. The SMILES string of the molecule is Cc1ccc(Cc2cnc(NC(=O)CCC3CCNC3)s2)cc1F. The molecule has 1 aromatic heterocycles. The van der Waals surface area contributed by atoms with Crippen LogP contribution in [0.3, 0.4) is 0 Å². The molecule has 2 aromatic rings. The van der Waals surface area contributed by atoms with Gasteiger partial charge in [0.05, 0.1) is 0 Å². The van der Waals surface area contributed by atoms with Gasteiger partial charge in [0, 0.05) is 23.9 Å². The first-order valence-electron chi connectivity index (χ1n) is 8.30. The first kappa shape index (κ1) is 17.0. The van der Waals surface area contributed by atoms with E-state index in [1.165, 1.54) is 11.3 Å². The minimum Gasteiger partial charge on any atom is -0.316 e. The maximum absolute atomic E-state index is 13.6. The third kappa shape index (κ3) is 4.61. The third-order valence-corrected chi connectivity index (χ3v) is 5.27. The van der Waals surface area contributed by atoms with Gasteiger partial charge in [0.1, 0.15) is 5.82 Å². The molecule has 1 aliphatic heterocycles. The lowest BCUT2D eigenvalue weighted by atomic mass is 10.0. The Balaban J connectivity index is 1.51. The van der Waals surface area contributed by atoms with Crippen LogP contribution in [0.2, 0.25) is 0 Å². The van der Waals surface area contributed by atoms with Crippen molar-refractivity contribution >= 4 is 22.4 Å². The van der Waals surface area contributed by atoms with Crippen molar-refractivity contribution in [1.29, 1.82) is 0 Å². The summed E-state index contributed by atoms with van der Waals surface area (Å²) in [6, 6.07) is 5.27. The smallest absolute Gasteiger partial charge is 0.226 e. The molecule has 24 heavy (non-hydrogen) atoms. The number of nitrogens with one attached hydrogen (secondary N) is 2. The monoisotopic (exact) mass is 347 g/mol. The average Bonchev–Trinajstić information content (AvgIpc) is 3.21. The summed E-state index contributed by atoms with van der Waals surface area (Å²) in [5.74, 6) is 0.440. The molecule has 0 aliphatic carbocycles. The number of hydrogen-bond donors (Lipinski definition) is 2. The van der Waals surface area contributed by atoms with Crippen LogP contribution in [0.4, 0.5) is 9.52 Å². The normalized spacial score (nSPS) is 17.2. The van der Waals surface area contributed by atoms with Crippen molar-refractivity contribution in [2.24, 2.45) is 5.92 Å². The van der Waals surface area contributed by atoms with E-state index in [9.17, 15) is 9.18 Å². The summed E-state index contributed by atoms with van der Waals surface area (Å²) < 4.78 is 13.6. The lowest BCUT2D eigenvalue weighted by Crippen LogP contribution is -2.14. The van der Waals surface area contributed by atoms with Gasteiger partial charge < -0.3 is 10.6 Å². The maximum Gasteiger partial charge on any atom is 0.226 e. The number of aryl methyl sites for hydroxylation is 1. The van der Waals surface area contributed by atoms with Crippen molar-refractivity contribution in [1.82, 2.24) is 10.3 Å². The molecule has 1 unspecified atom stereocenters. The molecular formula is C18H22FN3OS. The molecule has 2 heterocycles. The Morgan fingerprint density at radius 1 is 1.50 bits per heavy atom. The van der Waals surface area contributed by atoms with E-state index in [2.05, 4.69) is 15.6 Å². The molecule has 0 spiro atoms. The van der Waals surface area contributed by atoms with Crippen molar-refractivity contribution in [3.63, 3.8) is 0 Å². The number of halogens is 1. The van der Waals surface area contributed by atoms with E-state index in [-0.39, 0.29) is 11.7 Å². The summed E-state index contributed by atoms with van der Waals surface area (Å²) in [5, 5.41) is 6.80. The summed E-state index contributed by atoms with van der Waals surface area (Å²) in [4.78, 5) is 17.3. The van der Waals surface area contributed by atoms with Gasteiger partial charge in [0.25, 0.3) is 0 Å². The molecular weight excluding hydrogens is 325 g/mol. The van der Waals surface area contributed by atoms with E-state index in [1.807, 2.05) is 6.07 Å². The van der Waals surface area contributed by atoms with E-state index in [1.54, 1.807) is 25.3 Å². The standard InChI is InChI=1S/C18H22FN3OS/c1-12-2-3-14(9-16(12)19)8-15-11-21-18(24-15)22-17(23)5-4-13-6-7-20-10-13/h2-3,9,11,13,20H,4-8,10H2,1H3,(H,21,22,23). The molecule has 0 saturated carbocycles. The van der Waals surface area contributed by atoms with Crippen LogP contribution in [0, 0.1) is 18.7 Å². The Morgan fingerprint density at radius 3 is 3.12 bits per heavy atom. The number of anilines is 1. The fraction of sp³-hybridized carbons (Fsp3) is 0.444. The van der Waals surface area contributed by atoms with Crippen LogP contribution in [0.25, 0.3) is 0 Å². The van der Waals surface area contributed by atoms with Crippen LogP contribution in [0.15, 0.2) is 24.4 Å². The number of benzene rings is 1. The van der Waals surface area contributed by atoms with Crippen LogP contribution in [0.1, 0.15) is 35.3 Å². The average molecular weight is 347 g/mol. The number of thiazole rings is 1. The Kier molecular flexibility index (Phi) is 5.58. The van der Waals surface area contributed by atoms with Gasteiger partial charge in [-0.05, 0) is 56.0 Å². The minimum atomic E-state index is -0.188. The van der Waals surface area contributed by atoms with Crippen LogP contribution in [0.5, 0.6) is 0 Å². The van der Waals surface area contributed by atoms with Crippen LogP contribution < -0.4 is 10.6 Å². The lowest BCUT2D eigenvalue weighted by Gasteiger charge is -2.07. The molecule has 1 amide bonds. The zero-order valence-corrected chi connectivity index (χ0v) is 14.6. The second-order valence-corrected chi connectivity index (χ2v) is 7.45. The topological polar surface area (TPSA) is 54.0 Å². The van der Waals surface area contributed by atoms with Crippen LogP contribution >= 0.6 is 11.3 Å². The zero-order chi connectivity index (χ0) is 16.9. The van der Waals surface area contributed by atoms with Crippen molar-refractivity contribution in [3.8, 4) is 0 Å². The van der Waals surface area contributed by atoms with Gasteiger partial charge >= 0.3 is 0 Å². The maximum atomic E-state index is 13.6. The number of nitrogens with zero attached hydrogens (tertiary/aromatic N) is 1. The van der Waals surface area contributed by atoms with E-state index >= 15 is 0 Å². The van der Waals surface area contributed by atoms with Gasteiger partial charge in [0.2, 0.25) is 5.91 Å². The van der Waals surface area contributed by atoms with E-state index < -0.39 is 0 Å². The molecule has 4 nitrogen and oxygen atoms in total. The molecule has 1 saturated heterocycles. The molecule has 0 radical (unpaired) electrons. The van der Waals surface area contributed by atoms with Crippen molar-refractivity contribution in [2.45, 2.75) is 32.6 Å². The highest BCUT2D eigenvalue weighted by atomic mass is 32.1. The number of aromatic nitrogens is 1. The largest absolute Gasteiger partial charge is 0.316 e. The highest BCUT2D eigenvalue weighted by Gasteiger charge is 2.16. The second kappa shape index (κ2) is 7.85. The third-order valence-electron chi connectivity index (χ3n) is 4.36. The van der Waals surface area contributed by atoms with Crippen LogP contribution in [-0.4, -0.2) is 24.0 Å². The Bertz CT molecular complexity index is 710. The Morgan fingerprint density at radius 2 is 2.38 bits per heavy atom. The lowest BCUT2D eigenvalue weighted by molar-refractivity contribution is -0.116. The summed E-state index contributed by atoms with van der Waals surface area (Å²) in [6.07, 6.45) is 4.98. The summed E-state index contributed by atoms with van der Waals surface area (Å²) in [5.41, 5.74) is 1.56. The van der Waals surface area contributed by atoms with Gasteiger partial charge in [-0.3, -0.25) is 4.79 Å². The molecule has 1 atom stereocenters. The Labute approximate surface area is 145 Å². The highest BCUT2D eigenvalue weighted by Crippen LogP contribution is 2.23. The van der Waals surface area contributed by atoms with Gasteiger partial charge in [-0.25, -0.2) is 9.37 Å². The second-order valence-electron chi connectivity index (χ2n) is 6.34. The number of rotatable bonds is 6. The summed E-state index contributed by atoms with van der Waals surface area (Å²) >= 11 is 1.45. The number of amides is 1. The zero-order valence-electron chi connectivity index (χ0n) is 13.8. The van der Waals surface area contributed by atoms with Gasteiger partial charge in [0.15, 0.2) is 5.13 Å². The van der Waals surface area contributed by atoms with Crippen molar-refractivity contribution in [2.75, 3.05) is 18.4 Å². The molecule has 3 rings (SSSR count). The first-order chi connectivity index (χ1) is 11.6. The van der Waals surface area contributed by atoms with Gasteiger partial charge in [-0.15, -0.1) is 11.3 Å². The fourth-order valence-corrected chi connectivity index (χ4v) is 3.74. The predicted molar refractivity (Wildman–Crippen MR) is 94.9 cm³/mol. The highest BCUT2D eigenvalue weighted by molar-refractivity contribution is 7.15. The van der Waals surface area contributed by atoms with Crippen molar-refractivity contribution < 1.29 is 9.18 Å². The first-order valence-corrected chi connectivity index (χ1v) is 9.12. The molecule has 2 N–H and O–H groups in total. The van der Waals surface area contributed by atoms with Gasteiger partial charge in [-0.1, -0.05) is 12.1 Å². The molecule has 128 valence electrons. The fourth-order valence-electron chi connectivity index (χ4n) is 2.87. The van der Waals surface area contributed by atoms with E-state index in [4.69, 9.17) is 0 Å². The van der Waals surface area contributed by atoms with E-state index in [0.29, 0.717) is 29.5 Å². The number of carbonyl (C=O) groups is 1.